The summed E-state index contributed by atoms with van der Waals surface area (Å²) in [6, 6.07) is 2.22. The lowest BCUT2D eigenvalue weighted by molar-refractivity contribution is 0.0655. The Bertz CT molecular complexity index is 268. The highest BCUT2D eigenvalue weighted by atomic mass is 15.2. The summed E-state index contributed by atoms with van der Waals surface area (Å²) in [6.07, 6.45) is 9.55. The topological polar surface area (TPSA) is 18.5 Å². The Labute approximate surface area is 132 Å². The van der Waals surface area contributed by atoms with E-state index in [9.17, 15) is 0 Å². The van der Waals surface area contributed by atoms with E-state index in [4.69, 9.17) is 0 Å². The quantitative estimate of drug-likeness (QED) is 0.778. The number of nitrogens with zero attached hydrogens (tertiary/aromatic N) is 2. The molecule has 2 aliphatic rings. The van der Waals surface area contributed by atoms with Gasteiger partial charge in [0.05, 0.1) is 0 Å². The zero-order valence-electron chi connectivity index (χ0n) is 14.6. The van der Waals surface area contributed by atoms with Crippen molar-refractivity contribution < 1.29 is 0 Å². The normalized spacial score (nSPS) is 25.9. The third-order valence-corrected chi connectivity index (χ3v) is 5.66. The zero-order valence-corrected chi connectivity index (χ0v) is 14.6. The minimum Gasteiger partial charge on any atom is -0.312 e. The predicted octanol–water partition coefficient (Wildman–Crippen LogP) is 3.10. The first kappa shape index (κ1) is 17.2. The molecule has 2 heterocycles. The molecular formula is C18H37N3. The third-order valence-electron chi connectivity index (χ3n) is 5.66. The molecule has 3 heteroatoms. The van der Waals surface area contributed by atoms with E-state index in [1.54, 1.807) is 0 Å². The van der Waals surface area contributed by atoms with Crippen LogP contribution in [0.1, 0.15) is 65.7 Å². The van der Waals surface area contributed by atoms with Crippen LogP contribution in [0.5, 0.6) is 0 Å². The van der Waals surface area contributed by atoms with Gasteiger partial charge in [-0.15, -0.1) is 0 Å². The number of hydrogen-bond acceptors (Lipinski definition) is 3. The lowest BCUT2D eigenvalue weighted by Crippen LogP contribution is -2.54. The van der Waals surface area contributed by atoms with Crippen LogP contribution in [0.15, 0.2) is 0 Å². The maximum atomic E-state index is 3.74. The van der Waals surface area contributed by atoms with Crippen LogP contribution < -0.4 is 5.32 Å². The molecule has 0 amide bonds. The molecule has 0 radical (unpaired) electrons. The lowest BCUT2D eigenvalue weighted by Gasteiger charge is -2.43. The first-order valence-electron chi connectivity index (χ1n) is 9.47. The zero-order chi connectivity index (χ0) is 15.1. The van der Waals surface area contributed by atoms with Crippen molar-refractivity contribution >= 4 is 0 Å². The Morgan fingerprint density at radius 3 is 2.24 bits per heavy atom. The van der Waals surface area contributed by atoms with Crippen molar-refractivity contribution in [2.24, 2.45) is 0 Å². The highest BCUT2D eigenvalue weighted by Crippen LogP contribution is 2.23. The summed E-state index contributed by atoms with van der Waals surface area (Å²) >= 11 is 0. The molecule has 2 aliphatic heterocycles. The maximum absolute atomic E-state index is 3.74. The second kappa shape index (κ2) is 9.12. The summed E-state index contributed by atoms with van der Waals surface area (Å²) in [5.74, 6) is 0. The van der Waals surface area contributed by atoms with E-state index < -0.39 is 0 Å². The first-order chi connectivity index (χ1) is 10.3. The second-order valence-corrected chi connectivity index (χ2v) is 7.07. The van der Waals surface area contributed by atoms with Crippen molar-refractivity contribution in [3.05, 3.63) is 0 Å². The van der Waals surface area contributed by atoms with Gasteiger partial charge in [-0.2, -0.15) is 0 Å². The molecule has 2 saturated heterocycles. The first-order valence-corrected chi connectivity index (χ1v) is 9.47. The van der Waals surface area contributed by atoms with Gasteiger partial charge in [0.15, 0.2) is 0 Å². The predicted molar refractivity (Wildman–Crippen MR) is 91.9 cm³/mol. The Kier molecular flexibility index (Phi) is 7.48. The summed E-state index contributed by atoms with van der Waals surface area (Å²) in [5.41, 5.74) is 0. The molecular weight excluding hydrogens is 258 g/mol. The fraction of sp³-hybridized carbons (Fsp3) is 1.00. The van der Waals surface area contributed by atoms with Crippen molar-refractivity contribution in [3.8, 4) is 0 Å². The third kappa shape index (κ3) is 4.94. The van der Waals surface area contributed by atoms with Gasteiger partial charge in [-0.3, -0.25) is 4.90 Å². The highest BCUT2D eigenvalue weighted by Gasteiger charge is 2.29. The molecule has 0 aromatic carbocycles. The molecule has 0 aliphatic carbocycles. The van der Waals surface area contributed by atoms with Crippen molar-refractivity contribution in [3.63, 3.8) is 0 Å². The van der Waals surface area contributed by atoms with Crippen molar-refractivity contribution in [2.45, 2.75) is 83.8 Å². The van der Waals surface area contributed by atoms with E-state index in [0.29, 0.717) is 12.1 Å². The summed E-state index contributed by atoms with van der Waals surface area (Å²) in [4.78, 5) is 5.51. The average Bonchev–Trinajstić information content (AvgIpc) is 2.56. The Hall–Kier alpha value is -0.120. The van der Waals surface area contributed by atoms with Gasteiger partial charge in [-0.25, -0.2) is 0 Å². The molecule has 3 nitrogen and oxygen atoms in total. The molecule has 0 bridgehead atoms. The average molecular weight is 296 g/mol. The van der Waals surface area contributed by atoms with Crippen LogP contribution in [0.4, 0.5) is 0 Å². The molecule has 2 atom stereocenters. The van der Waals surface area contributed by atoms with Crippen molar-refractivity contribution in [1.29, 1.82) is 0 Å². The van der Waals surface area contributed by atoms with Crippen molar-refractivity contribution in [2.75, 3.05) is 32.7 Å². The SMILES string of the molecule is CCCNC(CC)C(C)N1CCC(N2CCCCC2)CC1. The van der Waals surface area contributed by atoms with Gasteiger partial charge in [0, 0.05) is 18.1 Å². The van der Waals surface area contributed by atoms with E-state index in [-0.39, 0.29) is 0 Å². The van der Waals surface area contributed by atoms with Gasteiger partial charge < -0.3 is 10.2 Å². The van der Waals surface area contributed by atoms with Gasteiger partial charge in [-0.05, 0) is 78.2 Å². The second-order valence-electron chi connectivity index (χ2n) is 7.07. The molecule has 124 valence electrons. The maximum Gasteiger partial charge on any atom is 0.0220 e. The van der Waals surface area contributed by atoms with Crippen LogP contribution in [-0.2, 0) is 0 Å². The van der Waals surface area contributed by atoms with Crippen LogP contribution in [0, 0.1) is 0 Å². The molecule has 0 spiro atoms. The van der Waals surface area contributed by atoms with E-state index in [1.807, 2.05) is 0 Å². The number of nitrogens with one attached hydrogen (secondary N) is 1. The van der Waals surface area contributed by atoms with E-state index in [1.165, 1.54) is 71.1 Å². The van der Waals surface area contributed by atoms with Crippen LogP contribution >= 0.6 is 0 Å². The van der Waals surface area contributed by atoms with E-state index in [2.05, 4.69) is 35.9 Å². The van der Waals surface area contributed by atoms with E-state index in [0.717, 1.165) is 12.6 Å². The molecule has 2 rings (SSSR count). The van der Waals surface area contributed by atoms with Gasteiger partial charge >= 0.3 is 0 Å². The fourth-order valence-electron chi connectivity index (χ4n) is 4.18. The Morgan fingerprint density at radius 1 is 1.00 bits per heavy atom. The Morgan fingerprint density at radius 2 is 1.67 bits per heavy atom. The van der Waals surface area contributed by atoms with Gasteiger partial charge in [0.25, 0.3) is 0 Å². The monoisotopic (exact) mass is 295 g/mol. The van der Waals surface area contributed by atoms with E-state index >= 15 is 0 Å². The molecule has 0 aromatic heterocycles. The molecule has 2 fully saturated rings. The molecule has 2 unspecified atom stereocenters. The number of piperidine rings is 2. The minimum atomic E-state index is 0.663. The smallest absolute Gasteiger partial charge is 0.0220 e. The minimum absolute atomic E-state index is 0.663. The largest absolute Gasteiger partial charge is 0.312 e. The number of rotatable bonds is 7. The van der Waals surface area contributed by atoms with Crippen molar-refractivity contribution in [1.82, 2.24) is 15.1 Å². The van der Waals surface area contributed by atoms with Gasteiger partial charge in [-0.1, -0.05) is 20.3 Å². The lowest BCUT2D eigenvalue weighted by atomic mass is 9.97. The summed E-state index contributed by atoms with van der Waals surface area (Å²) in [5, 5.41) is 3.74. The molecule has 21 heavy (non-hydrogen) atoms. The molecule has 0 aromatic rings. The summed E-state index contributed by atoms with van der Waals surface area (Å²) < 4.78 is 0. The van der Waals surface area contributed by atoms with Crippen LogP contribution in [0.2, 0.25) is 0 Å². The molecule has 1 N–H and O–H groups in total. The fourth-order valence-corrected chi connectivity index (χ4v) is 4.18. The van der Waals surface area contributed by atoms with Crippen LogP contribution in [0.3, 0.4) is 0 Å². The van der Waals surface area contributed by atoms with Crippen LogP contribution in [0.25, 0.3) is 0 Å². The number of hydrogen-bond donors (Lipinski definition) is 1. The number of likely N-dealkylation sites (tertiary alicyclic amines) is 2. The summed E-state index contributed by atoms with van der Waals surface area (Å²) in [7, 11) is 0. The van der Waals surface area contributed by atoms with Gasteiger partial charge in [0.2, 0.25) is 0 Å². The standard InChI is InChI=1S/C18H37N3/c1-4-11-19-18(5-2)16(3)20-14-9-17(10-15-20)21-12-7-6-8-13-21/h16-19H,4-15H2,1-3H3. The Balaban J connectivity index is 1.76. The van der Waals surface area contributed by atoms with Gasteiger partial charge in [0.1, 0.15) is 0 Å². The highest BCUT2D eigenvalue weighted by molar-refractivity contribution is 4.87. The summed E-state index contributed by atoms with van der Waals surface area (Å²) in [6.45, 7) is 13.5. The molecule has 0 saturated carbocycles. The van der Waals surface area contributed by atoms with Crippen LogP contribution in [-0.4, -0.2) is 60.6 Å².